The Kier molecular flexibility index (Phi) is 6.67. The zero-order valence-electron chi connectivity index (χ0n) is 19.7. The normalized spacial score (nSPS) is 15.5. The molecule has 0 bridgehead atoms. The molecule has 0 radical (unpaired) electrons. The molecule has 2 heterocycles. The largest absolute Gasteiger partial charge is 0.507 e. The molecular formula is C28H27Cl2NO4. The van der Waals surface area contributed by atoms with Gasteiger partial charge in [-0.15, -0.1) is 0 Å². The van der Waals surface area contributed by atoms with Crippen molar-refractivity contribution in [2.24, 2.45) is 0 Å². The number of carbonyl (C=O) groups excluding carboxylic acids is 1. The van der Waals surface area contributed by atoms with Gasteiger partial charge in [0.25, 0.3) is 0 Å². The van der Waals surface area contributed by atoms with Gasteiger partial charge in [-0.2, -0.15) is 0 Å². The molecule has 1 aliphatic rings. The third-order valence-electron chi connectivity index (χ3n) is 6.80. The summed E-state index contributed by atoms with van der Waals surface area (Å²) < 4.78 is 11.6. The van der Waals surface area contributed by atoms with E-state index in [0.717, 1.165) is 43.3 Å². The van der Waals surface area contributed by atoms with Crippen molar-refractivity contribution in [3.63, 3.8) is 0 Å². The summed E-state index contributed by atoms with van der Waals surface area (Å²) in [5, 5.41) is 14.8. The number of hydrogen-bond donors (Lipinski definition) is 1. The highest BCUT2D eigenvalue weighted by Crippen LogP contribution is 2.49. The summed E-state index contributed by atoms with van der Waals surface area (Å²) >= 11 is 13.0. The average Bonchev–Trinajstić information content (AvgIpc) is 3.20. The maximum atomic E-state index is 13.2. The molecule has 4 aromatic rings. The third-order valence-corrected chi connectivity index (χ3v) is 7.36. The van der Waals surface area contributed by atoms with Crippen LogP contribution in [0.2, 0.25) is 10.0 Å². The summed E-state index contributed by atoms with van der Waals surface area (Å²) in [7, 11) is 0. The fourth-order valence-corrected chi connectivity index (χ4v) is 5.80. The first-order valence-corrected chi connectivity index (χ1v) is 12.7. The van der Waals surface area contributed by atoms with Crippen molar-refractivity contribution in [1.82, 2.24) is 4.90 Å². The van der Waals surface area contributed by atoms with Gasteiger partial charge in [0, 0.05) is 31.8 Å². The lowest BCUT2D eigenvalue weighted by molar-refractivity contribution is 0.0526. The van der Waals surface area contributed by atoms with Crippen LogP contribution in [0.4, 0.5) is 0 Å². The maximum absolute atomic E-state index is 13.2. The van der Waals surface area contributed by atoms with Crippen LogP contribution in [0.1, 0.15) is 59.5 Å². The first-order valence-electron chi connectivity index (χ1n) is 11.9. The monoisotopic (exact) mass is 511 g/mol. The Labute approximate surface area is 214 Å². The van der Waals surface area contributed by atoms with Crippen LogP contribution in [0.3, 0.4) is 0 Å². The number of furan rings is 1. The molecule has 1 unspecified atom stereocenters. The number of likely N-dealkylation sites (tertiary alicyclic amines) is 1. The van der Waals surface area contributed by atoms with E-state index in [1.54, 1.807) is 19.9 Å². The number of aryl methyl sites for hydroxylation is 1. The number of esters is 1. The second-order valence-corrected chi connectivity index (χ2v) is 9.77. The van der Waals surface area contributed by atoms with Crippen LogP contribution < -0.4 is 0 Å². The van der Waals surface area contributed by atoms with E-state index in [9.17, 15) is 9.90 Å². The van der Waals surface area contributed by atoms with Crippen molar-refractivity contribution in [1.29, 1.82) is 0 Å². The van der Waals surface area contributed by atoms with Crippen LogP contribution >= 0.6 is 23.2 Å². The van der Waals surface area contributed by atoms with Gasteiger partial charge in [-0.05, 0) is 57.5 Å². The van der Waals surface area contributed by atoms with Gasteiger partial charge >= 0.3 is 5.97 Å². The van der Waals surface area contributed by atoms with Crippen LogP contribution in [-0.2, 0) is 4.74 Å². The molecule has 182 valence electrons. The number of hydrogen-bond acceptors (Lipinski definition) is 5. The Morgan fingerprint density at radius 3 is 2.51 bits per heavy atom. The van der Waals surface area contributed by atoms with E-state index in [-0.39, 0.29) is 12.4 Å². The molecule has 0 saturated carbocycles. The molecule has 1 N–H and O–H groups in total. The lowest BCUT2D eigenvalue weighted by Gasteiger charge is -2.36. The molecule has 1 fully saturated rings. The van der Waals surface area contributed by atoms with E-state index in [0.29, 0.717) is 43.3 Å². The van der Waals surface area contributed by atoms with Gasteiger partial charge in [0.2, 0.25) is 0 Å². The molecule has 1 aliphatic heterocycles. The summed E-state index contributed by atoms with van der Waals surface area (Å²) in [4.78, 5) is 15.5. The van der Waals surface area contributed by atoms with Crippen molar-refractivity contribution in [3.8, 4) is 5.75 Å². The van der Waals surface area contributed by atoms with Gasteiger partial charge in [0.15, 0.2) is 0 Å². The molecule has 3 aromatic carbocycles. The number of nitrogens with zero attached hydrogens (tertiary/aromatic N) is 1. The van der Waals surface area contributed by atoms with Crippen LogP contribution in [0, 0.1) is 6.92 Å². The number of phenolic OH excluding ortho intramolecular Hbond substituents is 1. The Hall–Kier alpha value is -2.73. The molecule has 35 heavy (non-hydrogen) atoms. The summed E-state index contributed by atoms with van der Waals surface area (Å²) in [5.41, 5.74) is 2.31. The first-order chi connectivity index (χ1) is 16.9. The highest BCUT2D eigenvalue weighted by atomic mass is 35.5. The first kappa shape index (κ1) is 24.0. The van der Waals surface area contributed by atoms with Crippen LogP contribution in [0.25, 0.3) is 21.7 Å². The highest BCUT2D eigenvalue weighted by molar-refractivity contribution is 6.35. The third kappa shape index (κ3) is 4.16. The zero-order chi connectivity index (χ0) is 24.7. The van der Waals surface area contributed by atoms with Crippen LogP contribution in [0.5, 0.6) is 5.75 Å². The van der Waals surface area contributed by atoms with E-state index in [2.05, 4.69) is 4.90 Å². The van der Waals surface area contributed by atoms with E-state index in [1.165, 1.54) is 0 Å². The molecule has 7 heteroatoms. The second kappa shape index (κ2) is 9.73. The van der Waals surface area contributed by atoms with E-state index >= 15 is 0 Å². The number of fused-ring (bicyclic) bond motifs is 3. The lowest BCUT2D eigenvalue weighted by atomic mass is 9.88. The fraction of sp³-hybridized carbons (Fsp3) is 0.321. The quantitative estimate of drug-likeness (QED) is 0.278. The van der Waals surface area contributed by atoms with Crippen LogP contribution in [0.15, 0.2) is 46.9 Å². The Bertz CT molecular complexity index is 1420. The van der Waals surface area contributed by atoms with Crippen molar-refractivity contribution in [2.75, 3.05) is 19.7 Å². The fourth-order valence-electron chi connectivity index (χ4n) is 5.29. The van der Waals surface area contributed by atoms with E-state index < -0.39 is 12.0 Å². The Morgan fingerprint density at radius 2 is 1.83 bits per heavy atom. The predicted octanol–water partition coefficient (Wildman–Crippen LogP) is 7.66. The van der Waals surface area contributed by atoms with Crippen molar-refractivity contribution < 1.29 is 19.1 Å². The number of ether oxygens (including phenoxy) is 1. The number of aromatic hydroxyl groups is 1. The average molecular weight is 512 g/mol. The maximum Gasteiger partial charge on any atom is 0.342 e. The number of phenols is 1. The molecule has 0 aliphatic carbocycles. The molecule has 1 aromatic heterocycles. The molecule has 1 atom stereocenters. The minimum absolute atomic E-state index is 0.112. The topological polar surface area (TPSA) is 62.9 Å². The molecule has 0 spiro atoms. The van der Waals surface area contributed by atoms with E-state index in [4.69, 9.17) is 32.4 Å². The van der Waals surface area contributed by atoms with E-state index in [1.807, 2.05) is 36.4 Å². The minimum atomic E-state index is -0.473. The number of carbonyl (C=O) groups is 1. The number of halogens is 2. The Morgan fingerprint density at radius 1 is 1.11 bits per heavy atom. The summed E-state index contributed by atoms with van der Waals surface area (Å²) in [5.74, 6) is 0.0929. The summed E-state index contributed by atoms with van der Waals surface area (Å²) in [6, 6.07) is 12.6. The summed E-state index contributed by atoms with van der Waals surface area (Å²) in [6.07, 6.45) is 3.22. The second-order valence-electron chi connectivity index (χ2n) is 8.93. The molecule has 0 amide bonds. The van der Waals surface area contributed by atoms with Gasteiger partial charge in [-0.25, -0.2) is 4.79 Å². The van der Waals surface area contributed by atoms with Gasteiger partial charge in [-0.3, -0.25) is 4.90 Å². The van der Waals surface area contributed by atoms with Crippen molar-refractivity contribution in [2.45, 2.75) is 39.2 Å². The van der Waals surface area contributed by atoms with Crippen molar-refractivity contribution >= 4 is 50.9 Å². The molecular weight excluding hydrogens is 485 g/mol. The van der Waals surface area contributed by atoms with Gasteiger partial charge in [-0.1, -0.05) is 60.0 Å². The lowest BCUT2D eigenvalue weighted by Crippen LogP contribution is -2.34. The SMILES string of the molecule is CCOC(=O)c1c(C)oc2c1c(C(c1ccc(Cl)cc1Cl)N1CCCCC1)c(O)c1ccccc12. The van der Waals surface area contributed by atoms with Crippen LogP contribution in [-0.4, -0.2) is 35.7 Å². The van der Waals surface area contributed by atoms with Gasteiger partial charge in [0.05, 0.1) is 12.6 Å². The van der Waals surface area contributed by atoms with Crippen molar-refractivity contribution in [3.05, 3.63) is 75.0 Å². The smallest absolute Gasteiger partial charge is 0.342 e. The van der Waals surface area contributed by atoms with Gasteiger partial charge < -0.3 is 14.3 Å². The molecule has 5 rings (SSSR count). The Balaban J connectivity index is 1.91. The predicted molar refractivity (Wildman–Crippen MR) is 140 cm³/mol. The number of rotatable bonds is 5. The highest BCUT2D eigenvalue weighted by Gasteiger charge is 2.35. The number of piperidine rings is 1. The zero-order valence-corrected chi connectivity index (χ0v) is 21.2. The molecule has 1 saturated heterocycles. The standard InChI is InChI=1S/C28H27Cl2NO4/c1-3-34-28(33)22-16(2)35-27-19-10-6-5-9-18(19)26(32)24(23(22)27)25(31-13-7-4-8-14-31)20-12-11-17(29)15-21(20)30/h5-6,9-12,15,25,32H,3-4,7-8,13-14H2,1-2H3. The minimum Gasteiger partial charge on any atom is -0.507 e. The summed E-state index contributed by atoms with van der Waals surface area (Å²) in [6.45, 7) is 5.44. The molecule has 5 nitrogen and oxygen atoms in total. The number of benzene rings is 3. The van der Waals surface area contributed by atoms with Gasteiger partial charge in [0.1, 0.15) is 22.7 Å².